The summed E-state index contributed by atoms with van der Waals surface area (Å²) >= 11 is 0. The Morgan fingerprint density at radius 3 is 2.08 bits per heavy atom. The number of carboxylic acids is 1. The predicted octanol–water partition coefficient (Wildman–Crippen LogP) is 7.01. The number of nitrogens with one attached hydrogen (secondary N) is 1. The van der Waals surface area contributed by atoms with Gasteiger partial charge in [0.1, 0.15) is 18.1 Å². The van der Waals surface area contributed by atoms with Crippen LogP contribution in [-0.2, 0) is 11.4 Å². The molecule has 0 bridgehead atoms. The highest BCUT2D eigenvalue weighted by Crippen LogP contribution is 2.36. The maximum atomic E-state index is 12.5. The van der Waals surface area contributed by atoms with E-state index in [0.717, 1.165) is 27.8 Å². The first kappa shape index (κ1) is 28.2. The van der Waals surface area contributed by atoms with Gasteiger partial charge >= 0.3 is 12.3 Å². The molecule has 1 amide bonds. The lowest BCUT2D eigenvalue weighted by Gasteiger charge is -2.15. The van der Waals surface area contributed by atoms with Gasteiger partial charge in [0.05, 0.1) is 6.42 Å². The zero-order valence-corrected chi connectivity index (χ0v) is 21.5. The van der Waals surface area contributed by atoms with Gasteiger partial charge in [-0.15, -0.1) is 13.2 Å². The van der Waals surface area contributed by atoms with E-state index in [4.69, 9.17) is 9.84 Å². The van der Waals surface area contributed by atoms with Gasteiger partial charge in [-0.25, -0.2) is 0 Å². The van der Waals surface area contributed by atoms with Crippen LogP contribution in [0.4, 0.5) is 13.2 Å². The number of rotatable bonds is 10. The monoisotopic (exact) mass is 549 g/mol. The molecule has 2 N–H and O–H groups in total. The Balaban J connectivity index is 1.54. The van der Waals surface area contributed by atoms with Crippen LogP contribution in [0.2, 0.25) is 0 Å². The highest BCUT2D eigenvalue weighted by atomic mass is 19.4. The summed E-state index contributed by atoms with van der Waals surface area (Å²) in [7, 11) is 0. The molecule has 0 aliphatic rings. The van der Waals surface area contributed by atoms with E-state index in [1.54, 1.807) is 36.4 Å². The summed E-state index contributed by atoms with van der Waals surface area (Å²) < 4.78 is 47.8. The normalized spacial score (nSPS) is 11.1. The number of benzene rings is 4. The number of ether oxygens (including phenoxy) is 2. The predicted molar refractivity (Wildman–Crippen MR) is 144 cm³/mol. The second kappa shape index (κ2) is 12.4. The number of aliphatic carboxylic acids is 1. The Morgan fingerprint density at radius 1 is 0.825 bits per heavy atom. The van der Waals surface area contributed by atoms with Crippen LogP contribution in [-0.4, -0.2) is 29.9 Å². The molecular formula is C31H26F3NO5. The second-order valence-electron chi connectivity index (χ2n) is 9.03. The van der Waals surface area contributed by atoms with E-state index in [-0.39, 0.29) is 31.2 Å². The number of carbonyl (C=O) groups is 2. The van der Waals surface area contributed by atoms with Gasteiger partial charge in [-0.1, -0.05) is 66.2 Å². The minimum Gasteiger partial charge on any atom is -0.488 e. The molecule has 6 nitrogen and oxygen atoms in total. The molecule has 0 saturated carbocycles. The molecule has 0 aliphatic heterocycles. The van der Waals surface area contributed by atoms with Gasteiger partial charge in [0, 0.05) is 17.7 Å². The van der Waals surface area contributed by atoms with E-state index in [0.29, 0.717) is 16.9 Å². The number of amides is 1. The van der Waals surface area contributed by atoms with Crippen molar-refractivity contribution in [2.24, 2.45) is 0 Å². The maximum Gasteiger partial charge on any atom is 0.573 e. The second-order valence-corrected chi connectivity index (χ2v) is 9.03. The first-order chi connectivity index (χ1) is 19.1. The van der Waals surface area contributed by atoms with Crippen LogP contribution in [0.25, 0.3) is 22.3 Å². The third-order valence-corrected chi connectivity index (χ3v) is 6.00. The molecule has 0 atom stereocenters. The average molecular weight is 550 g/mol. The van der Waals surface area contributed by atoms with Crippen LogP contribution >= 0.6 is 0 Å². The molecule has 0 heterocycles. The van der Waals surface area contributed by atoms with Crippen molar-refractivity contribution in [3.8, 4) is 33.8 Å². The van der Waals surface area contributed by atoms with Crippen LogP contribution in [0.15, 0.2) is 91.0 Å². The summed E-state index contributed by atoms with van der Waals surface area (Å²) in [6.07, 6.45) is -4.92. The fourth-order valence-electron chi connectivity index (χ4n) is 3.94. The van der Waals surface area contributed by atoms with E-state index < -0.39 is 12.3 Å². The van der Waals surface area contributed by atoms with Crippen molar-refractivity contribution < 1.29 is 37.3 Å². The first-order valence-corrected chi connectivity index (χ1v) is 12.4. The largest absolute Gasteiger partial charge is 0.573 e. The number of hydrogen-bond donors (Lipinski definition) is 2. The lowest BCUT2D eigenvalue weighted by Crippen LogP contribution is -2.25. The standard InChI is InChI=1S/C31H26F3NO5/c1-20-2-6-23(7-3-20)27-15-12-25(22-10-13-26(14-11-22)40-31(32,33)34)18-28(27)39-19-21-4-8-24(9-5-21)30(38)35-17-16-29(36)37/h2-15,18H,16-17,19H2,1H3,(H,35,38)(H,36,37). The molecule has 0 spiro atoms. The van der Waals surface area contributed by atoms with Crippen molar-refractivity contribution in [3.63, 3.8) is 0 Å². The van der Waals surface area contributed by atoms with Gasteiger partial charge in [-0.05, 0) is 59.5 Å². The summed E-state index contributed by atoms with van der Waals surface area (Å²) in [4.78, 5) is 22.8. The molecule has 4 aromatic rings. The number of aryl methyl sites for hydroxylation is 1. The summed E-state index contributed by atoms with van der Waals surface area (Å²) in [5.74, 6) is -1.08. The van der Waals surface area contributed by atoms with Crippen LogP contribution in [0.3, 0.4) is 0 Å². The Morgan fingerprint density at radius 2 is 1.45 bits per heavy atom. The van der Waals surface area contributed by atoms with Crippen molar-refractivity contribution in [2.45, 2.75) is 26.3 Å². The molecule has 206 valence electrons. The lowest BCUT2D eigenvalue weighted by atomic mass is 9.98. The van der Waals surface area contributed by atoms with Gasteiger partial charge < -0.3 is 19.9 Å². The average Bonchev–Trinajstić information content (AvgIpc) is 2.92. The molecule has 0 saturated heterocycles. The van der Waals surface area contributed by atoms with E-state index in [1.165, 1.54) is 12.1 Å². The van der Waals surface area contributed by atoms with Crippen LogP contribution in [0, 0.1) is 6.92 Å². The number of carboxylic acid groups (broad SMARTS) is 1. The van der Waals surface area contributed by atoms with E-state index >= 15 is 0 Å². The van der Waals surface area contributed by atoms with Gasteiger partial charge in [0.15, 0.2) is 0 Å². The quantitative estimate of drug-likeness (QED) is 0.222. The Kier molecular flexibility index (Phi) is 8.73. The van der Waals surface area contributed by atoms with Gasteiger partial charge in [0.2, 0.25) is 0 Å². The summed E-state index contributed by atoms with van der Waals surface area (Å²) in [6.45, 7) is 2.23. The SMILES string of the molecule is Cc1ccc(-c2ccc(-c3ccc(OC(F)(F)F)cc3)cc2OCc2ccc(C(=O)NCCC(=O)O)cc2)cc1. The van der Waals surface area contributed by atoms with Crippen molar-refractivity contribution in [3.05, 3.63) is 108 Å². The van der Waals surface area contributed by atoms with Crippen LogP contribution in [0.5, 0.6) is 11.5 Å². The van der Waals surface area contributed by atoms with Crippen molar-refractivity contribution in [2.75, 3.05) is 6.54 Å². The van der Waals surface area contributed by atoms with Gasteiger partial charge in [-0.2, -0.15) is 0 Å². The Labute approximate surface area is 229 Å². The maximum absolute atomic E-state index is 12.5. The minimum absolute atomic E-state index is 0.0369. The van der Waals surface area contributed by atoms with Crippen molar-refractivity contribution >= 4 is 11.9 Å². The highest BCUT2D eigenvalue weighted by Gasteiger charge is 2.31. The third-order valence-electron chi connectivity index (χ3n) is 6.00. The topological polar surface area (TPSA) is 84.9 Å². The first-order valence-electron chi connectivity index (χ1n) is 12.4. The Hall–Kier alpha value is -4.79. The van der Waals surface area contributed by atoms with Crippen LogP contribution < -0.4 is 14.8 Å². The zero-order chi connectivity index (χ0) is 28.7. The number of carbonyl (C=O) groups excluding carboxylic acids is 1. The molecule has 0 aliphatic carbocycles. The van der Waals surface area contributed by atoms with Crippen LogP contribution in [0.1, 0.15) is 27.9 Å². The van der Waals surface area contributed by atoms with Crippen molar-refractivity contribution in [1.29, 1.82) is 0 Å². The number of halogens is 3. The van der Waals surface area contributed by atoms with Gasteiger partial charge in [-0.3, -0.25) is 9.59 Å². The zero-order valence-electron chi connectivity index (χ0n) is 21.5. The molecule has 4 aromatic carbocycles. The Bertz CT molecular complexity index is 1470. The number of hydrogen-bond acceptors (Lipinski definition) is 4. The fourth-order valence-corrected chi connectivity index (χ4v) is 3.94. The molecule has 0 unspecified atom stereocenters. The van der Waals surface area contributed by atoms with Crippen molar-refractivity contribution in [1.82, 2.24) is 5.32 Å². The lowest BCUT2D eigenvalue weighted by molar-refractivity contribution is -0.274. The molecule has 9 heteroatoms. The van der Waals surface area contributed by atoms with Gasteiger partial charge in [0.25, 0.3) is 5.91 Å². The highest BCUT2D eigenvalue weighted by molar-refractivity contribution is 5.94. The molecular weight excluding hydrogens is 523 g/mol. The fraction of sp³-hybridized carbons (Fsp3) is 0.161. The molecule has 0 radical (unpaired) electrons. The summed E-state index contributed by atoms with van der Waals surface area (Å²) in [5.41, 5.74) is 5.53. The minimum atomic E-state index is -4.76. The number of alkyl halides is 3. The molecule has 4 rings (SSSR count). The summed E-state index contributed by atoms with van der Waals surface area (Å²) in [5, 5.41) is 11.3. The van der Waals surface area contributed by atoms with E-state index in [9.17, 15) is 22.8 Å². The van der Waals surface area contributed by atoms with E-state index in [1.807, 2.05) is 49.4 Å². The molecule has 0 fully saturated rings. The summed E-state index contributed by atoms with van der Waals surface area (Å²) in [6, 6.07) is 26.0. The molecule has 0 aromatic heterocycles. The van der Waals surface area contributed by atoms with E-state index in [2.05, 4.69) is 10.1 Å². The molecule has 40 heavy (non-hydrogen) atoms. The third kappa shape index (κ3) is 7.86. The smallest absolute Gasteiger partial charge is 0.488 e.